The number of nitrogens with zero attached hydrogens (tertiary/aromatic N) is 1. The number of hydrogen-bond donors (Lipinski definition) is 1. The SMILES string of the molecule is CC(C(=O)N1CCc2ccccc2CC1)C(N)=S. The van der Waals surface area contributed by atoms with Crippen molar-refractivity contribution in [3.8, 4) is 0 Å². The van der Waals surface area contributed by atoms with Crippen LogP contribution in [0.3, 0.4) is 0 Å². The second-order valence-electron chi connectivity index (χ2n) is 4.72. The van der Waals surface area contributed by atoms with Gasteiger partial charge in [0.25, 0.3) is 0 Å². The van der Waals surface area contributed by atoms with E-state index in [9.17, 15) is 4.79 Å². The van der Waals surface area contributed by atoms with Crippen molar-refractivity contribution in [1.29, 1.82) is 0 Å². The van der Waals surface area contributed by atoms with Crippen LogP contribution < -0.4 is 5.73 Å². The Balaban J connectivity index is 2.08. The Morgan fingerprint density at radius 3 is 2.22 bits per heavy atom. The molecule has 96 valence electrons. The summed E-state index contributed by atoms with van der Waals surface area (Å²) in [6, 6.07) is 8.38. The van der Waals surface area contributed by atoms with Crippen molar-refractivity contribution < 1.29 is 4.79 Å². The molecule has 0 radical (unpaired) electrons. The van der Waals surface area contributed by atoms with Gasteiger partial charge in [-0.25, -0.2) is 0 Å². The van der Waals surface area contributed by atoms with E-state index in [2.05, 4.69) is 12.1 Å². The van der Waals surface area contributed by atoms with Crippen molar-refractivity contribution in [2.45, 2.75) is 19.8 Å². The maximum atomic E-state index is 12.2. The molecular weight excluding hydrogens is 244 g/mol. The quantitative estimate of drug-likeness (QED) is 0.822. The Bertz CT molecular complexity index is 446. The molecule has 3 nitrogen and oxygen atoms in total. The Labute approximate surface area is 113 Å². The molecule has 4 heteroatoms. The van der Waals surface area contributed by atoms with Gasteiger partial charge in [-0.05, 0) is 30.9 Å². The summed E-state index contributed by atoms with van der Waals surface area (Å²) in [4.78, 5) is 14.4. The zero-order valence-corrected chi connectivity index (χ0v) is 11.4. The molecule has 1 aliphatic rings. The van der Waals surface area contributed by atoms with Crippen LogP contribution in [0.25, 0.3) is 0 Å². The smallest absolute Gasteiger partial charge is 0.232 e. The molecule has 1 amide bonds. The molecule has 0 aromatic heterocycles. The van der Waals surface area contributed by atoms with Crippen molar-refractivity contribution in [3.05, 3.63) is 35.4 Å². The predicted molar refractivity (Wildman–Crippen MR) is 76.4 cm³/mol. The van der Waals surface area contributed by atoms with E-state index in [1.54, 1.807) is 6.92 Å². The number of carbonyl (C=O) groups excluding carboxylic acids is 1. The van der Waals surface area contributed by atoms with E-state index in [-0.39, 0.29) is 16.8 Å². The maximum absolute atomic E-state index is 12.2. The number of carbonyl (C=O) groups is 1. The van der Waals surface area contributed by atoms with Crippen LogP contribution in [-0.4, -0.2) is 28.9 Å². The fourth-order valence-corrected chi connectivity index (χ4v) is 2.38. The normalized spacial score (nSPS) is 16.6. The average Bonchev–Trinajstić information content (AvgIpc) is 2.59. The first kappa shape index (κ1) is 13.0. The number of benzene rings is 1. The standard InChI is InChI=1S/C14H18N2OS/c1-10(13(15)18)14(17)16-8-6-11-4-2-3-5-12(11)7-9-16/h2-5,10H,6-9H2,1H3,(H2,15,18). The molecule has 0 spiro atoms. The lowest BCUT2D eigenvalue weighted by Gasteiger charge is -2.23. The van der Waals surface area contributed by atoms with Crippen LogP contribution in [-0.2, 0) is 17.6 Å². The number of rotatable bonds is 2. The first-order valence-corrected chi connectivity index (χ1v) is 6.65. The number of hydrogen-bond acceptors (Lipinski definition) is 2. The van der Waals surface area contributed by atoms with Gasteiger partial charge in [0.05, 0.1) is 10.9 Å². The molecule has 1 atom stereocenters. The van der Waals surface area contributed by atoms with Crippen molar-refractivity contribution in [2.24, 2.45) is 11.7 Å². The van der Waals surface area contributed by atoms with Gasteiger partial charge in [0.1, 0.15) is 0 Å². The molecule has 1 heterocycles. The molecule has 18 heavy (non-hydrogen) atoms. The zero-order chi connectivity index (χ0) is 13.1. The van der Waals surface area contributed by atoms with Crippen LogP contribution in [0.5, 0.6) is 0 Å². The van der Waals surface area contributed by atoms with Crippen molar-refractivity contribution in [1.82, 2.24) is 4.90 Å². The largest absolute Gasteiger partial charge is 0.393 e. The highest BCUT2D eigenvalue weighted by atomic mass is 32.1. The molecule has 1 aromatic carbocycles. The lowest BCUT2D eigenvalue weighted by atomic mass is 10.0. The third-order valence-electron chi connectivity index (χ3n) is 3.53. The summed E-state index contributed by atoms with van der Waals surface area (Å²) in [5.41, 5.74) is 8.24. The predicted octanol–water partition coefficient (Wildman–Crippen LogP) is 1.54. The first-order valence-electron chi connectivity index (χ1n) is 6.24. The Morgan fingerprint density at radius 1 is 1.28 bits per heavy atom. The second kappa shape index (κ2) is 5.48. The van der Waals surface area contributed by atoms with Crippen LogP contribution in [0.4, 0.5) is 0 Å². The molecule has 2 N–H and O–H groups in total. The van der Waals surface area contributed by atoms with Gasteiger partial charge < -0.3 is 10.6 Å². The summed E-state index contributed by atoms with van der Waals surface area (Å²) in [6.07, 6.45) is 1.82. The van der Waals surface area contributed by atoms with Gasteiger partial charge in [0.15, 0.2) is 0 Å². The lowest BCUT2D eigenvalue weighted by Crippen LogP contribution is -2.41. The van der Waals surface area contributed by atoms with E-state index in [0.717, 1.165) is 25.9 Å². The molecule has 0 fully saturated rings. The molecule has 0 aliphatic carbocycles. The van der Waals surface area contributed by atoms with Crippen LogP contribution >= 0.6 is 12.2 Å². The minimum absolute atomic E-state index is 0.0512. The maximum Gasteiger partial charge on any atom is 0.232 e. The van der Waals surface area contributed by atoms with Crippen molar-refractivity contribution in [2.75, 3.05) is 13.1 Å². The summed E-state index contributed by atoms with van der Waals surface area (Å²) in [7, 11) is 0. The van der Waals surface area contributed by atoms with Crippen LogP contribution in [0, 0.1) is 5.92 Å². The van der Waals surface area contributed by atoms with E-state index in [4.69, 9.17) is 18.0 Å². The molecule has 1 aromatic rings. The zero-order valence-electron chi connectivity index (χ0n) is 10.6. The first-order chi connectivity index (χ1) is 8.59. The average molecular weight is 262 g/mol. The highest BCUT2D eigenvalue weighted by Crippen LogP contribution is 2.16. The summed E-state index contributed by atoms with van der Waals surface area (Å²) in [5, 5.41) is 0. The minimum Gasteiger partial charge on any atom is -0.393 e. The van der Waals surface area contributed by atoms with Crippen LogP contribution in [0.15, 0.2) is 24.3 Å². The molecule has 0 saturated carbocycles. The van der Waals surface area contributed by atoms with Crippen LogP contribution in [0.1, 0.15) is 18.1 Å². The lowest BCUT2D eigenvalue weighted by molar-refractivity contribution is -0.132. The number of thiocarbonyl (C=S) groups is 1. The van der Waals surface area contributed by atoms with Gasteiger partial charge in [-0.2, -0.15) is 0 Å². The monoisotopic (exact) mass is 262 g/mol. The van der Waals surface area contributed by atoms with E-state index in [1.807, 2.05) is 17.0 Å². The molecule has 0 saturated heterocycles. The van der Waals surface area contributed by atoms with E-state index >= 15 is 0 Å². The number of amides is 1. The van der Waals surface area contributed by atoms with E-state index < -0.39 is 0 Å². The van der Waals surface area contributed by atoms with Gasteiger partial charge in [-0.1, -0.05) is 36.5 Å². The summed E-state index contributed by atoms with van der Waals surface area (Å²) >= 11 is 4.90. The molecule has 2 rings (SSSR count). The Kier molecular flexibility index (Phi) is 3.97. The van der Waals surface area contributed by atoms with Crippen molar-refractivity contribution in [3.63, 3.8) is 0 Å². The van der Waals surface area contributed by atoms with Gasteiger partial charge in [0.2, 0.25) is 5.91 Å². The fraction of sp³-hybridized carbons (Fsp3) is 0.429. The van der Waals surface area contributed by atoms with Crippen molar-refractivity contribution >= 4 is 23.1 Å². The Morgan fingerprint density at radius 2 is 1.78 bits per heavy atom. The highest BCUT2D eigenvalue weighted by Gasteiger charge is 2.24. The van der Waals surface area contributed by atoms with E-state index in [1.165, 1.54) is 11.1 Å². The third kappa shape index (κ3) is 2.70. The summed E-state index contributed by atoms with van der Waals surface area (Å²) in [5.74, 6) is -0.309. The topological polar surface area (TPSA) is 46.3 Å². The van der Waals surface area contributed by atoms with Gasteiger partial charge >= 0.3 is 0 Å². The molecular formula is C14H18N2OS. The fourth-order valence-electron chi connectivity index (χ4n) is 2.28. The second-order valence-corrected chi connectivity index (χ2v) is 5.19. The highest BCUT2D eigenvalue weighted by molar-refractivity contribution is 7.80. The van der Waals surface area contributed by atoms with Gasteiger partial charge in [-0.15, -0.1) is 0 Å². The van der Waals surface area contributed by atoms with Gasteiger partial charge in [0, 0.05) is 13.1 Å². The molecule has 1 unspecified atom stereocenters. The molecule has 0 bridgehead atoms. The van der Waals surface area contributed by atoms with Crippen LogP contribution in [0.2, 0.25) is 0 Å². The third-order valence-corrected chi connectivity index (χ3v) is 3.88. The van der Waals surface area contributed by atoms with E-state index in [0.29, 0.717) is 0 Å². The summed E-state index contributed by atoms with van der Waals surface area (Å²) in [6.45, 7) is 3.29. The Hall–Kier alpha value is -1.42. The minimum atomic E-state index is -0.360. The summed E-state index contributed by atoms with van der Waals surface area (Å²) < 4.78 is 0. The molecule has 1 aliphatic heterocycles. The number of fused-ring (bicyclic) bond motifs is 1. The number of nitrogens with two attached hydrogens (primary N) is 1. The van der Waals surface area contributed by atoms with Gasteiger partial charge in [-0.3, -0.25) is 4.79 Å².